The van der Waals surface area contributed by atoms with Gasteiger partial charge in [0.25, 0.3) is 0 Å². The van der Waals surface area contributed by atoms with Crippen molar-refractivity contribution in [1.29, 1.82) is 5.26 Å². The van der Waals surface area contributed by atoms with Gasteiger partial charge in [0.05, 0.1) is 32.3 Å². The summed E-state index contributed by atoms with van der Waals surface area (Å²) in [7, 11) is 1.44. The first kappa shape index (κ1) is 20.6. The number of rotatable bonds is 6. The molecule has 2 rings (SSSR count). The van der Waals surface area contributed by atoms with Crippen LogP contribution in [0.1, 0.15) is 25.3 Å². The van der Waals surface area contributed by atoms with E-state index in [9.17, 15) is 14.9 Å². The Kier molecular flexibility index (Phi) is 6.69. The number of ether oxygens (including phenoxy) is 4. The van der Waals surface area contributed by atoms with Gasteiger partial charge in [0.2, 0.25) is 5.88 Å². The second-order valence-corrected chi connectivity index (χ2v) is 6.38. The highest BCUT2D eigenvalue weighted by atomic mass is 79.9. The van der Waals surface area contributed by atoms with Gasteiger partial charge in [-0.2, -0.15) is 5.26 Å². The third-order valence-electron chi connectivity index (χ3n) is 3.90. The highest BCUT2D eigenvalue weighted by molar-refractivity contribution is 9.10. The van der Waals surface area contributed by atoms with Crippen LogP contribution in [-0.2, 0) is 19.1 Å². The van der Waals surface area contributed by atoms with Crippen LogP contribution < -0.4 is 15.2 Å². The van der Waals surface area contributed by atoms with Gasteiger partial charge in [0, 0.05) is 10.0 Å². The summed E-state index contributed by atoms with van der Waals surface area (Å²) >= 11 is 3.35. The van der Waals surface area contributed by atoms with E-state index in [2.05, 4.69) is 15.9 Å². The van der Waals surface area contributed by atoms with Crippen molar-refractivity contribution in [2.24, 2.45) is 11.7 Å². The fourth-order valence-electron chi connectivity index (χ4n) is 2.83. The number of carbonyl (C=O) groups excluding carboxylic acids is 2. The molecule has 1 aromatic carbocycles. The van der Waals surface area contributed by atoms with Gasteiger partial charge in [-0.3, -0.25) is 4.79 Å². The zero-order chi connectivity index (χ0) is 20.1. The average molecular weight is 439 g/mol. The van der Waals surface area contributed by atoms with E-state index in [4.69, 9.17) is 24.7 Å². The third-order valence-corrected chi connectivity index (χ3v) is 4.36. The maximum absolute atomic E-state index is 12.5. The number of fused-ring (bicyclic) bond motifs is 1. The van der Waals surface area contributed by atoms with Crippen LogP contribution in [0.4, 0.5) is 0 Å². The Morgan fingerprint density at radius 3 is 2.56 bits per heavy atom. The van der Waals surface area contributed by atoms with Crippen molar-refractivity contribution in [3.63, 3.8) is 0 Å². The number of nitriles is 1. The largest absolute Gasteiger partial charge is 0.493 e. The van der Waals surface area contributed by atoms with E-state index in [1.165, 1.54) is 7.11 Å². The minimum atomic E-state index is -1.33. The molecule has 0 amide bonds. The Labute approximate surface area is 164 Å². The summed E-state index contributed by atoms with van der Waals surface area (Å²) in [6, 6.07) is 5.20. The van der Waals surface area contributed by atoms with Gasteiger partial charge >= 0.3 is 11.9 Å². The van der Waals surface area contributed by atoms with Crippen molar-refractivity contribution in [1.82, 2.24) is 0 Å². The molecule has 0 unspecified atom stereocenters. The first-order valence-corrected chi connectivity index (χ1v) is 8.97. The summed E-state index contributed by atoms with van der Waals surface area (Å²) in [6.07, 6.45) is 0. The molecule has 144 valence electrons. The lowest BCUT2D eigenvalue weighted by molar-refractivity contribution is -0.146. The van der Waals surface area contributed by atoms with Crippen molar-refractivity contribution >= 4 is 27.9 Å². The molecule has 0 aliphatic carbocycles. The predicted octanol–water partition coefficient (Wildman–Crippen LogP) is 2.37. The van der Waals surface area contributed by atoms with Crippen molar-refractivity contribution < 1.29 is 28.5 Å². The van der Waals surface area contributed by atoms with Gasteiger partial charge in [-0.05, 0) is 26.0 Å². The summed E-state index contributed by atoms with van der Waals surface area (Å²) in [5.74, 6) is -3.61. The highest BCUT2D eigenvalue weighted by Gasteiger charge is 2.44. The molecule has 0 bridgehead atoms. The molecule has 0 spiro atoms. The summed E-state index contributed by atoms with van der Waals surface area (Å²) in [5, 5.41) is 9.66. The van der Waals surface area contributed by atoms with Crippen LogP contribution in [0.25, 0.3) is 0 Å². The maximum Gasteiger partial charge on any atom is 0.340 e. The molecule has 0 fully saturated rings. The molecule has 0 radical (unpaired) electrons. The van der Waals surface area contributed by atoms with E-state index < -0.39 is 23.8 Å². The number of nitrogens with zero attached hydrogens (tertiary/aromatic N) is 1. The number of esters is 2. The molecule has 2 N–H and O–H groups in total. The number of hydrogen-bond donors (Lipinski definition) is 1. The van der Waals surface area contributed by atoms with E-state index in [0.717, 1.165) is 0 Å². The van der Waals surface area contributed by atoms with E-state index in [-0.39, 0.29) is 30.4 Å². The van der Waals surface area contributed by atoms with Crippen molar-refractivity contribution in [3.8, 4) is 17.6 Å². The molecule has 1 aromatic rings. The molecule has 0 saturated heterocycles. The van der Waals surface area contributed by atoms with Crippen LogP contribution >= 0.6 is 15.9 Å². The second-order valence-electron chi connectivity index (χ2n) is 5.46. The van der Waals surface area contributed by atoms with Gasteiger partial charge in [0.1, 0.15) is 5.57 Å². The number of benzene rings is 1. The molecular formula is C18H19BrN2O6. The summed E-state index contributed by atoms with van der Waals surface area (Å²) in [4.78, 5) is 24.9. The van der Waals surface area contributed by atoms with Crippen LogP contribution in [0, 0.1) is 17.2 Å². The second kappa shape index (κ2) is 8.77. The summed E-state index contributed by atoms with van der Waals surface area (Å²) < 4.78 is 21.6. The average Bonchev–Trinajstić information content (AvgIpc) is 2.62. The minimum Gasteiger partial charge on any atom is -0.493 e. The molecular weight excluding hydrogens is 420 g/mol. The molecule has 0 saturated carbocycles. The molecule has 1 heterocycles. The lowest BCUT2D eigenvalue weighted by Crippen LogP contribution is -2.34. The van der Waals surface area contributed by atoms with Crippen LogP contribution in [0.2, 0.25) is 0 Å². The Morgan fingerprint density at radius 2 is 2.00 bits per heavy atom. The molecule has 0 aromatic heterocycles. The Hall–Kier alpha value is -2.73. The topological polar surface area (TPSA) is 121 Å². The normalized spacial score (nSPS) is 16.5. The van der Waals surface area contributed by atoms with Gasteiger partial charge in [0.15, 0.2) is 17.4 Å². The van der Waals surface area contributed by atoms with Crippen molar-refractivity contribution in [3.05, 3.63) is 33.6 Å². The SMILES string of the molecule is CCOC(=O)C1=C(N)Oc2c(OC)cc(Br)cc2[C@H]1[C@H](C#N)C(=O)OCC. The van der Waals surface area contributed by atoms with E-state index in [1.54, 1.807) is 26.0 Å². The standard InChI is InChI=1S/C18H19BrN2O6/c1-4-25-17(22)11(8-20)13-10-6-9(19)7-12(24-3)15(10)27-16(21)14(13)18(23)26-5-2/h6-7,11,13H,4-5,21H2,1-3H3/t11-,13-/m0/s1. The molecule has 1 aliphatic heterocycles. The quantitative estimate of drug-likeness (QED) is 0.671. The summed E-state index contributed by atoms with van der Waals surface area (Å²) in [6.45, 7) is 3.44. The van der Waals surface area contributed by atoms with E-state index >= 15 is 0 Å². The van der Waals surface area contributed by atoms with Gasteiger partial charge < -0.3 is 24.7 Å². The third kappa shape index (κ3) is 4.01. The summed E-state index contributed by atoms with van der Waals surface area (Å²) in [5.41, 5.74) is 6.25. The van der Waals surface area contributed by atoms with Crippen LogP contribution in [0.15, 0.2) is 28.1 Å². The van der Waals surface area contributed by atoms with E-state index in [1.807, 2.05) is 6.07 Å². The number of carbonyl (C=O) groups is 2. The van der Waals surface area contributed by atoms with Crippen molar-refractivity contribution in [2.45, 2.75) is 19.8 Å². The monoisotopic (exact) mass is 438 g/mol. The molecule has 9 heteroatoms. The maximum atomic E-state index is 12.5. The van der Waals surface area contributed by atoms with Gasteiger partial charge in [-0.1, -0.05) is 15.9 Å². The fraction of sp³-hybridized carbons (Fsp3) is 0.389. The zero-order valence-electron chi connectivity index (χ0n) is 15.1. The Morgan fingerprint density at radius 1 is 1.33 bits per heavy atom. The number of hydrogen-bond acceptors (Lipinski definition) is 8. The fourth-order valence-corrected chi connectivity index (χ4v) is 3.29. The van der Waals surface area contributed by atoms with Crippen molar-refractivity contribution in [2.75, 3.05) is 20.3 Å². The predicted molar refractivity (Wildman–Crippen MR) is 97.6 cm³/mol. The first-order chi connectivity index (χ1) is 12.9. The Bertz CT molecular complexity index is 830. The van der Waals surface area contributed by atoms with Crippen LogP contribution in [0.5, 0.6) is 11.5 Å². The van der Waals surface area contributed by atoms with Crippen LogP contribution in [0.3, 0.4) is 0 Å². The number of halogens is 1. The molecule has 8 nitrogen and oxygen atoms in total. The van der Waals surface area contributed by atoms with Gasteiger partial charge in [-0.15, -0.1) is 0 Å². The van der Waals surface area contributed by atoms with Crippen LogP contribution in [-0.4, -0.2) is 32.3 Å². The van der Waals surface area contributed by atoms with E-state index in [0.29, 0.717) is 15.8 Å². The van der Waals surface area contributed by atoms with Gasteiger partial charge in [-0.25, -0.2) is 4.79 Å². The zero-order valence-corrected chi connectivity index (χ0v) is 16.7. The number of nitrogens with two attached hydrogens (primary N) is 1. The molecule has 1 aliphatic rings. The minimum absolute atomic E-state index is 0.0861. The Balaban J connectivity index is 2.72. The first-order valence-electron chi connectivity index (χ1n) is 8.17. The lowest BCUT2D eigenvalue weighted by atomic mass is 9.79. The highest BCUT2D eigenvalue weighted by Crippen LogP contribution is 2.48. The molecule has 2 atom stereocenters. The molecule has 27 heavy (non-hydrogen) atoms. The lowest BCUT2D eigenvalue weighted by Gasteiger charge is -2.30. The number of methoxy groups -OCH3 is 1. The smallest absolute Gasteiger partial charge is 0.340 e.